The highest BCUT2D eigenvalue weighted by atomic mass is 79.9. The summed E-state index contributed by atoms with van der Waals surface area (Å²) in [6.07, 6.45) is 1.37. The lowest BCUT2D eigenvalue weighted by Gasteiger charge is -2.10. The minimum Gasteiger partial charge on any atom is -0.488 e. The van der Waals surface area contributed by atoms with Gasteiger partial charge in [0.15, 0.2) is 0 Å². The molecule has 0 aromatic heterocycles. The maximum Gasteiger partial charge on any atom is 0.259 e. The van der Waals surface area contributed by atoms with Gasteiger partial charge in [0.2, 0.25) is 0 Å². The molecule has 2 aromatic rings. The lowest BCUT2D eigenvalue weighted by atomic mass is 10.1. The van der Waals surface area contributed by atoms with E-state index in [1.54, 1.807) is 36.4 Å². The molecule has 1 amide bonds. The molecule has 0 fully saturated rings. The molecule has 0 aliphatic carbocycles. The van der Waals surface area contributed by atoms with Crippen molar-refractivity contribution in [2.75, 3.05) is 0 Å². The quantitative estimate of drug-likeness (QED) is 0.641. The van der Waals surface area contributed by atoms with Crippen LogP contribution in [0.25, 0.3) is 6.08 Å². The average molecular weight is 375 g/mol. The molecular formula is C17H12BrFN2O2. The van der Waals surface area contributed by atoms with Crippen molar-refractivity contribution in [2.45, 2.75) is 6.61 Å². The van der Waals surface area contributed by atoms with Crippen molar-refractivity contribution in [3.05, 3.63) is 69.5 Å². The highest BCUT2D eigenvalue weighted by Crippen LogP contribution is 2.26. The largest absolute Gasteiger partial charge is 0.488 e. The predicted octanol–water partition coefficient (Wildman–Crippen LogP) is 3.56. The number of nitrogens with two attached hydrogens (primary N) is 1. The molecular weight excluding hydrogens is 363 g/mol. The number of benzene rings is 2. The number of hydrogen-bond donors (Lipinski definition) is 1. The van der Waals surface area contributed by atoms with E-state index < -0.39 is 5.91 Å². The standard InChI is InChI=1S/C17H12BrFN2O2/c18-14-3-6-16(12(8-14)7-13(9-20)17(21)22)23-10-11-1-4-15(19)5-2-11/h1-8H,10H2,(H2,21,22)/b13-7+. The summed E-state index contributed by atoms with van der Waals surface area (Å²) in [6.45, 7) is 0.223. The number of nitriles is 1. The molecule has 2 N–H and O–H groups in total. The summed E-state index contributed by atoms with van der Waals surface area (Å²) < 4.78 is 19.3. The van der Waals surface area contributed by atoms with E-state index in [9.17, 15) is 9.18 Å². The van der Waals surface area contributed by atoms with E-state index in [1.165, 1.54) is 18.2 Å². The minimum absolute atomic E-state index is 0.172. The van der Waals surface area contributed by atoms with Crippen molar-refractivity contribution >= 4 is 27.9 Å². The van der Waals surface area contributed by atoms with Crippen molar-refractivity contribution in [2.24, 2.45) is 5.73 Å². The molecule has 0 atom stereocenters. The molecule has 116 valence electrons. The molecule has 0 saturated carbocycles. The van der Waals surface area contributed by atoms with E-state index in [4.69, 9.17) is 15.7 Å². The first-order chi connectivity index (χ1) is 11.0. The van der Waals surface area contributed by atoms with Gasteiger partial charge in [0.05, 0.1) is 0 Å². The topological polar surface area (TPSA) is 76.1 Å². The molecule has 0 spiro atoms. The van der Waals surface area contributed by atoms with E-state index in [2.05, 4.69) is 15.9 Å². The Morgan fingerprint density at radius 3 is 2.61 bits per heavy atom. The Balaban J connectivity index is 2.27. The van der Waals surface area contributed by atoms with Crippen molar-refractivity contribution in [3.63, 3.8) is 0 Å². The fraction of sp³-hybridized carbons (Fsp3) is 0.0588. The maximum atomic E-state index is 12.9. The zero-order chi connectivity index (χ0) is 16.8. The van der Waals surface area contributed by atoms with E-state index in [0.717, 1.165) is 10.0 Å². The van der Waals surface area contributed by atoms with Crippen molar-refractivity contribution in [3.8, 4) is 11.8 Å². The number of rotatable bonds is 5. The summed E-state index contributed by atoms with van der Waals surface area (Å²) in [7, 11) is 0. The Kier molecular flexibility index (Phi) is 5.50. The van der Waals surface area contributed by atoms with Gasteiger partial charge in [-0.1, -0.05) is 28.1 Å². The SMILES string of the molecule is N#C/C(=C\c1cc(Br)ccc1OCc1ccc(F)cc1)C(N)=O. The average Bonchev–Trinajstić information content (AvgIpc) is 2.53. The normalized spacial score (nSPS) is 10.9. The number of hydrogen-bond acceptors (Lipinski definition) is 3. The number of primary amides is 1. The number of carbonyl (C=O) groups excluding carboxylic acids is 1. The Bertz CT molecular complexity index is 795. The van der Waals surface area contributed by atoms with Crippen LogP contribution in [0.2, 0.25) is 0 Å². The molecule has 2 aromatic carbocycles. The van der Waals surface area contributed by atoms with Crippen molar-refractivity contribution < 1.29 is 13.9 Å². The van der Waals surface area contributed by atoms with Gasteiger partial charge in [-0.3, -0.25) is 4.79 Å². The van der Waals surface area contributed by atoms with Crippen LogP contribution in [0.1, 0.15) is 11.1 Å². The number of nitrogens with zero attached hydrogens (tertiary/aromatic N) is 1. The van der Waals surface area contributed by atoms with Gasteiger partial charge in [-0.25, -0.2) is 4.39 Å². The van der Waals surface area contributed by atoms with Gasteiger partial charge in [0, 0.05) is 10.0 Å². The second kappa shape index (κ2) is 7.56. The van der Waals surface area contributed by atoms with Crippen molar-refractivity contribution in [1.82, 2.24) is 0 Å². The predicted molar refractivity (Wildman–Crippen MR) is 87.7 cm³/mol. The highest BCUT2D eigenvalue weighted by Gasteiger charge is 2.08. The minimum atomic E-state index is -0.808. The first-order valence-electron chi connectivity index (χ1n) is 6.58. The van der Waals surface area contributed by atoms with Crippen LogP contribution in [0, 0.1) is 17.1 Å². The molecule has 0 radical (unpaired) electrons. The van der Waals surface area contributed by atoms with Gasteiger partial charge in [-0.05, 0) is 42.0 Å². The van der Waals surface area contributed by atoms with Gasteiger partial charge in [0.25, 0.3) is 5.91 Å². The Hall–Kier alpha value is -2.65. The van der Waals surface area contributed by atoms with Crippen LogP contribution in [0.4, 0.5) is 4.39 Å². The van der Waals surface area contributed by atoms with Crippen LogP contribution in [-0.2, 0) is 11.4 Å². The van der Waals surface area contributed by atoms with Crippen LogP contribution in [0.3, 0.4) is 0 Å². The third-order valence-corrected chi connectivity index (χ3v) is 3.46. The Labute approximate surface area is 141 Å². The molecule has 6 heteroatoms. The van der Waals surface area contributed by atoms with Crippen LogP contribution < -0.4 is 10.5 Å². The molecule has 0 aliphatic rings. The van der Waals surface area contributed by atoms with Crippen LogP contribution >= 0.6 is 15.9 Å². The summed E-state index contributed by atoms with van der Waals surface area (Å²) in [5.74, 6) is -0.649. The van der Waals surface area contributed by atoms with E-state index in [0.29, 0.717) is 11.3 Å². The number of ether oxygens (including phenoxy) is 1. The first kappa shape index (κ1) is 16.7. The Morgan fingerprint density at radius 2 is 2.00 bits per heavy atom. The van der Waals surface area contributed by atoms with E-state index >= 15 is 0 Å². The van der Waals surface area contributed by atoms with E-state index in [-0.39, 0.29) is 18.0 Å². The second-order valence-corrected chi connectivity index (χ2v) is 5.55. The van der Waals surface area contributed by atoms with Gasteiger partial charge < -0.3 is 10.5 Å². The number of carbonyl (C=O) groups is 1. The molecule has 23 heavy (non-hydrogen) atoms. The summed E-state index contributed by atoms with van der Waals surface area (Å²) in [6, 6.07) is 12.9. The third-order valence-electron chi connectivity index (χ3n) is 2.97. The summed E-state index contributed by atoms with van der Waals surface area (Å²) in [4.78, 5) is 11.2. The third kappa shape index (κ3) is 4.66. The second-order valence-electron chi connectivity index (χ2n) is 4.63. The first-order valence-corrected chi connectivity index (χ1v) is 7.37. The summed E-state index contributed by atoms with van der Waals surface area (Å²) >= 11 is 3.32. The number of halogens is 2. The van der Waals surface area contributed by atoms with Gasteiger partial charge >= 0.3 is 0 Å². The molecule has 0 aliphatic heterocycles. The zero-order valence-corrected chi connectivity index (χ0v) is 13.5. The molecule has 2 rings (SSSR count). The molecule has 4 nitrogen and oxygen atoms in total. The fourth-order valence-corrected chi connectivity index (χ4v) is 2.20. The van der Waals surface area contributed by atoms with Gasteiger partial charge in [0.1, 0.15) is 29.8 Å². The molecule has 0 unspecified atom stereocenters. The molecule has 0 saturated heterocycles. The highest BCUT2D eigenvalue weighted by molar-refractivity contribution is 9.10. The van der Waals surface area contributed by atoms with Crippen molar-refractivity contribution in [1.29, 1.82) is 5.26 Å². The summed E-state index contributed by atoms with van der Waals surface area (Å²) in [5, 5.41) is 8.94. The molecule has 0 bridgehead atoms. The van der Waals surface area contributed by atoms with Crippen LogP contribution in [0.15, 0.2) is 52.5 Å². The van der Waals surface area contributed by atoms with E-state index in [1.807, 2.05) is 0 Å². The monoisotopic (exact) mass is 374 g/mol. The van der Waals surface area contributed by atoms with Gasteiger partial charge in [-0.2, -0.15) is 5.26 Å². The van der Waals surface area contributed by atoms with Crippen LogP contribution in [0.5, 0.6) is 5.75 Å². The summed E-state index contributed by atoms with van der Waals surface area (Å²) in [5.41, 5.74) is 6.30. The lowest BCUT2D eigenvalue weighted by molar-refractivity contribution is -0.114. The molecule has 0 heterocycles. The lowest BCUT2D eigenvalue weighted by Crippen LogP contribution is -2.12. The number of amides is 1. The van der Waals surface area contributed by atoms with Crippen LogP contribution in [-0.4, -0.2) is 5.91 Å². The maximum absolute atomic E-state index is 12.9. The Morgan fingerprint density at radius 1 is 1.30 bits per heavy atom. The van der Waals surface area contributed by atoms with Gasteiger partial charge in [-0.15, -0.1) is 0 Å². The smallest absolute Gasteiger partial charge is 0.259 e. The fourth-order valence-electron chi connectivity index (χ4n) is 1.82. The zero-order valence-electron chi connectivity index (χ0n) is 11.9.